The van der Waals surface area contributed by atoms with Crippen LogP contribution in [-0.2, 0) is 0 Å². The van der Waals surface area contributed by atoms with Gasteiger partial charge in [0.1, 0.15) is 5.75 Å². The lowest BCUT2D eigenvalue weighted by atomic mass is 10.2. The Bertz CT molecular complexity index is 568. The zero-order chi connectivity index (χ0) is 13.7. The number of para-hydroxylation sites is 2. The largest absolute Gasteiger partial charge is 0.491 e. The smallest absolute Gasteiger partial charge is 0.256 e. The standard InChI is InChI=1S/C14H14INO2S/c1-2-7-18-12-6-4-3-5-11(12)16-14(17)10-8-13(15)19-9-10/h3-6,8-9H,2,7H2,1H3,(H,16,17). The number of hydrogen-bond donors (Lipinski definition) is 1. The van der Waals surface area contributed by atoms with Crippen molar-refractivity contribution in [2.45, 2.75) is 13.3 Å². The molecule has 0 aliphatic rings. The number of ether oxygens (including phenoxy) is 1. The second-order valence-electron chi connectivity index (χ2n) is 3.94. The molecule has 0 aliphatic carbocycles. The van der Waals surface area contributed by atoms with E-state index < -0.39 is 0 Å². The lowest BCUT2D eigenvalue weighted by molar-refractivity contribution is 0.102. The van der Waals surface area contributed by atoms with Gasteiger partial charge >= 0.3 is 0 Å². The predicted molar refractivity (Wildman–Crippen MR) is 87.2 cm³/mol. The quantitative estimate of drug-likeness (QED) is 0.773. The van der Waals surface area contributed by atoms with E-state index in [2.05, 4.69) is 34.8 Å². The minimum atomic E-state index is -0.105. The molecule has 0 unspecified atom stereocenters. The van der Waals surface area contributed by atoms with Crippen molar-refractivity contribution in [2.75, 3.05) is 11.9 Å². The van der Waals surface area contributed by atoms with Gasteiger partial charge in [-0.1, -0.05) is 19.1 Å². The summed E-state index contributed by atoms with van der Waals surface area (Å²) in [5.41, 5.74) is 1.39. The molecule has 5 heteroatoms. The molecule has 0 bridgehead atoms. The fourth-order valence-electron chi connectivity index (χ4n) is 1.53. The molecule has 1 amide bonds. The van der Waals surface area contributed by atoms with Gasteiger partial charge in [0, 0.05) is 5.38 Å². The summed E-state index contributed by atoms with van der Waals surface area (Å²) >= 11 is 3.76. The molecule has 1 N–H and O–H groups in total. The SMILES string of the molecule is CCCOc1ccccc1NC(=O)c1csc(I)c1. The Hall–Kier alpha value is -1.08. The molecule has 0 radical (unpaired) electrons. The average Bonchev–Trinajstić information content (AvgIpc) is 2.84. The van der Waals surface area contributed by atoms with E-state index in [1.807, 2.05) is 35.7 Å². The molecule has 0 aliphatic heterocycles. The van der Waals surface area contributed by atoms with Crippen molar-refractivity contribution in [3.8, 4) is 5.75 Å². The summed E-state index contributed by atoms with van der Waals surface area (Å²) in [4.78, 5) is 12.1. The fraction of sp³-hybridized carbons (Fsp3) is 0.214. The highest BCUT2D eigenvalue weighted by Gasteiger charge is 2.11. The van der Waals surface area contributed by atoms with Crippen molar-refractivity contribution >= 4 is 45.5 Å². The lowest BCUT2D eigenvalue weighted by Crippen LogP contribution is -2.12. The van der Waals surface area contributed by atoms with E-state index in [1.54, 1.807) is 11.3 Å². The third kappa shape index (κ3) is 3.94. The number of anilines is 1. The molecule has 0 atom stereocenters. The van der Waals surface area contributed by atoms with Crippen LogP contribution in [-0.4, -0.2) is 12.5 Å². The number of carbonyl (C=O) groups is 1. The second-order valence-corrected chi connectivity index (χ2v) is 6.74. The van der Waals surface area contributed by atoms with Gasteiger partial charge in [-0.15, -0.1) is 11.3 Å². The van der Waals surface area contributed by atoms with E-state index in [0.717, 1.165) is 9.30 Å². The first kappa shape index (κ1) is 14.3. The average molecular weight is 387 g/mol. The summed E-state index contributed by atoms with van der Waals surface area (Å²) < 4.78 is 6.71. The molecule has 1 aromatic carbocycles. The van der Waals surface area contributed by atoms with Crippen molar-refractivity contribution in [3.05, 3.63) is 44.2 Å². The van der Waals surface area contributed by atoms with Crippen molar-refractivity contribution < 1.29 is 9.53 Å². The molecule has 0 saturated heterocycles. The van der Waals surface area contributed by atoms with Crippen molar-refractivity contribution in [1.82, 2.24) is 0 Å². The topological polar surface area (TPSA) is 38.3 Å². The number of carbonyl (C=O) groups excluding carboxylic acids is 1. The zero-order valence-corrected chi connectivity index (χ0v) is 13.5. The Balaban J connectivity index is 2.12. The Morgan fingerprint density at radius 1 is 1.42 bits per heavy atom. The van der Waals surface area contributed by atoms with Crippen molar-refractivity contribution in [3.63, 3.8) is 0 Å². The third-order valence-corrected chi connectivity index (χ3v) is 4.22. The molecule has 19 heavy (non-hydrogen) atoms. The van der Waals surface area contributed by atoms with Gasteiger partial charge in [-0.05, 0) is 47.2 Å². The summed E-state index contributed by atoms with van der Waals surface area (Å²) in [6.45, 7) is 2.69. The predicted octanol–water partition coefficient (Wildman–Crippen LogP) is 4.39. The maximum absolute atomic E-state index is 12.1. The number of halogens is 1. The number of amides is 1. The third-order valence-electron chi connectivity index (χ3n) is 2.43. The first-order chi connectivity index (χ1) is 9.20. The van der Waals surface area contributed by atoms with Gasteiger partial charge in [0.25, 0.3) is 5.91 Å². The summed E-state index contributed by atoms with van der Waals surface area (Å²) in [6.07, 6.45) is 0.936. The summed E-state index contributed by atoms with van der Waals surface area (Å²) in [7, 11) is 0. The lowest BCUT2D eigenvalue weighted by Gasteiger charge is -2.11. The molecule has 3 nitrogen and oxygen atoms in total. The summed E-state index contributed by atoms with van der Waals surface area (Å²) in [5.74, 6) is 0.606. The van der Waals surface area contributed by atoms with Crippen molar-refractivity contribution in [2.24, 2.45) is 0 Å². The molecular formula is C14H14INO2S. The second kappa shape index (κ2) is 6.91. The van der Waals surface area contributed by atoms with E-state index in [0.29, 0.717) is 23.6 Å². The van der Waals surface area contributed by atoms with E-state index in [1.165, 1.54) is 0 Å². The van der Waals surface area contributed by atoms with Gasteiger partial charge in [-0.3, -0.25) is 4.79 Å². The maximum Gasteiger partial charge on any atom is 0.256 e. The Labute approximate surface area is 130 Å². The molecule has 0 spiro atoms. The monoisotopic (exact) mass is 387 g/mol. The van der Waals surface area contributed by atoms with Crippen LogP contribution in [0.3, 0.4) is 0 Å². The number of rotatable bonds is 5. The van der Waals surface area contributed by atoms with Gasteiger partial charge in [0.2, 0.25) is 0 Å². The highest BCUT2D eigenvalue weighted by atomic mass is 127. The first-order valence-electron chi connectivity index (χ1n) is 5.98. The van der Waals surface area contributed by atoms with Crippen LogP contribution in [0.2, 0.25) is 0 Å². The van der Waals surface area contributed by atoms with Crippen LogP contribution in [0.5, 0.6) is 5.75 Å². The van der Waals surface area contributed by atoms with Gasteiger partial charge in [0.05, 0.1) is 20.7 Å². The first-order valence-corrected chi connectivity index (χ1v) is 7.93. The van der Waals surface area contributed by atoms with E-state index in [-0.39, 0.29) is 5.91 Å². The molecule has 1 aromatic heterocycles. The minimum Gasteiger partial charge on any atom is -0.491 e. The van der Waals surface area contributed by atoms with Crippen LogP contribution >= 0.6 is 33.9 Å². The van der Waals surface area contributed by atoms with Gasteiger partial charge in [-0.2, -0.15) is 0 Å². The Morgan fingerprint density at radius 3 is 2.89 bits per heavy atom. The highest BCUT2D eigenvalue weighted by molar-refractivity contribution is 14.1. The minimum absolute atomic E-state index is 0.105. The maximum atomic E-state index is 12.1. The zero-order valence-electron chi connectivity index (χ0n) is 10.5. The van der Waals surface area contributed by atoms with E-state index in [4.69, 9.17) is 4.74 Å². The van der Waals surface area contributed by atoms with Crippen LogP contribution in [0.25, 0.3) is 0 Å². The fourth-order valence-corrected chi connectivity index (χ4v) is 2.86. The van der Waals surface area contributed by atoms with Gasteiger partial charge in [0.15, 0.2) is 0 Å². The number of benzene rings is 1. The van der Waals surface area contributed by atoms with Crippen LogP contribution in [0.15, 0.2) is 35.7 Å². The molecule has 2 aromatic rings. The van der Waals surface area contributed by atoms with E-state index in [9.17, 15) is 4.79 Å². The van der Waals surface area contributed by atoms with Crippen molar-refractivity contribution in [1.29, 1.82) is 0 Å². The Morgan fingerprint density at radius 2 is 2.21 bits per heavy atom. The van der Waals surface area contributed by atoms with Crippen LogP contribution in [0, 0.1) is 2.88 Å². The molecule has 0 fully saturated rings. The Kier molecular flexibility index (Phi) is 5.21. The molecule has 100 valence electrons. The van der Waals surface area contributed by atoms with Crippen LogP contribution < -0.4 is 10.1 Å². The summed E-state index contributed by atoms with van der Waals surface area (Å²) in [6, 6.07) is 9.36. The van der Waals surface area contributed by atoms with Crippen LogP contribution in [0.1, 0.15) is 23.7 Å². The number of nitrogens with one attached hydrogen (secondary N) is 1. The molecule has 0 saturated carbocycles. The number of thiophene rings is 1. The summed E-state index contributed by atoms with van der Waals surface area (Å²) in [5, 5.41) is 4.74. The van der Waals surface area contributed by atoms with Gasteiger partial charge in [-0.25, -0.2) is 0 Å². The number of hydrogen-bond acceptors (Lipinski definition) is 3. The van der Waals surface area contributed by atoms with Gasteiger partial charge < -0.3 is 10.1 Å². The van der Waals surface area contributed by atoms with E-state index >= 15 is 0 Å². The van der Waals surface area contributed by atoms with Crippen LogP contribution in [0.4, 0.5) is 5.69 Å². The normalized spacial score (nSPS) is 10.2. The highest BCUT2D eigenvalue weighted by Crippen LogP contribution is 2.25. The molecular weight excluding hydrogens is 373 g/mol. The molecule has 2 rings (SSSR count). The molecule has 1 heterocycles.